The maximum atomic E-state index is 5.75. The number of piperazine rings is 1. The molecular weight excluding hydrogens is 200 g/mol. The summed E-state index contributed by atoms with van der Waals surface area (Å²) >= 11 is 5.75. The van der Waals surface area contributed by atoms with E-state index in [9.17, 15) is 0 Å². The Hall–Kier alpha value is -0.510. The predicted molar refractivity (Wildman–Crippen MR) is 56.6 cm³/mol. The van der Waals surface area contributed by atoms with Crippen LogP contribution in [-0.2, 0) is 0 Å². The molecule has 1 atom stereocenters. The summed E-state index contributed by atoms with van der Waals surface area (Å²) in [7, 11) is 0. The third-order valence-electron chi connectivity index (χ3n) is 2.71. The van der Waals surface area contributed by atoms with Gasteiger partial charge in [0.15, 0.2) is 5.22 Å². The summed E-state index contributed by atoms with van der Waals surface area (Å²) in [5.41, 5.74) is 0. The summed E-state index contributed by atoms with van der Waals surface area (Å²) in [6.45, 7) is 6.40. The number of furan rings is 1. The van der Waals surface area contributed by atoms with E-state index < -0.39 is 0 Å². The summed E-state index contributed by atoms with van der Waals surface area (Å²) < 4.78 is 5.40. The molecule has 1 aliphatic heterocycles. The average Bonchev–Trinajstić information content (AvgIpc) is 2.65. The third-order valence-corrected chi connectivity index (χ3v) is 2.91. The van der Waals surface area contributed by atoms with Crippen LogP contribution in [0.25, 0.3) is 0 Å². The monoisotopic (exact) mass is 214 g/mol. The largest absolute Gasteiger partial charge is 0.448 e. The molecule has 1 N–H and O–H groups in total. The molecule has 2 rings (SSSR count). The van der Waals surface area contributed by atoms with Gasteiger partial charge < -0.3 is 9.73 Å². The molecule has 1 aromatic rings. The lowest BCUT2D eigenvalue weighted by atomic mass is 10.2. The van der Waals surface area contributed by atoms with Gasteiger partial charge in [-0.1, -0.05) is 0 Å². The van der Waals surface area contributed by atoms with Crippen molar-refractivity contribution in [1.29, 1.82) is 0 Å². The van der Waals surface area contributed by atoms with Crippen LogP contribution in [0.2, 0.25) is 5.22 Å². The second-order valence-corrected chi connectivity index (χ2v) is 3.98. The molecule has 1 unspecified atom stereocenters. The lowest BCUT2D eigenvalue weighted by Gasteiger charge is -2.31. The van der Waals surface area contributed by atoms with E-state index in [1.165, 1.54) is 0 Å². The van der Waals surface area contributed by atoms with E-state index in [2.05, 4.69) is 17.1 Å². The second kappa shape index (κ2) is 4.34. The van der Waals surface area contributed by atoms with Crippen molar-refractivity contribution in [2.75, 3.05) is 26.2 Å². The minimum atomic E-state index is 0.324. The van der Waals surface area contributed by atoms with Crippen LogP contribution in [0.3, 0.4) is 0 Å². The van der Waals surface area contributed by atoms with Crippen LogP contribution in [0, 0.1) is 0 Å². The van der Waals surface area contributed by atoms with Crippen LogP contribution >= 0.6 is 11.6 Å². The number of rotatable bonds is 2. The van der Waals surface area contributed by atoms with E-state index in [4.69, 9.17) is 16.0 Å². The Morgan fingerprint density at radius 3 is 2.71 bits per heavy atom. The standard InChI is InChI=1S/C10H15ClN2O/c1-8(9-2-3-10(11)14-9)13-6-4-12-5-7-13/h2-3,8,12H,4-7H2,1H3. The maximum Gasteiger partial charge on any atom is 0.193 e. The first kappa shape index (κ1) is 10.0. The Morgan fingerprint density at radius 2 is 2.14 bits per heavy atom. The highest BCUT2D eigenvalue weighted by Crippen LogP contribution is 2.24. The minimum absolute atomic E-state index is 0.324. The Bertz CT molecular complexity index is 294. The van der Waals surface area contributed by atoms with Crippen molar-refractivity contribution < 1.29 is 4.42 Å². The van der Waals surface area contributed by atoms with Gasteiger partial charge in [-0.15, -0.1) is 0 Å². The van der Waals surface area contributed by atoms with E-state index in [-0.39, 0.29) is 0 Å². The third kappa shape index (κ3) is 2.11. The van der Waals surface area contributed by atoms with Gasteiger partial charge >= 0.3 is 0 Å². The molecule has 0 spiro atoms. The molecular formula is C10H15ClN2O. The first-order chi connectivity index (χ1) is 6.77. The SMILES string of the molecule is CC(c1ccc(Cl)o1)N1CCNCC1. The van der Waals surface area contributed by atoms with Crippen molar-refractivity contribution >= 4 is 11.6 Å². The van der Waals surface area contributed by atoms with Crippen molar-refractivity contribution in [3.63, 3.8) is 0 Å². The summed E-state index contributed by atoms with van der Waals surface area (Å²) in [4.78, 5) is 2.39. The van der Waals surface area contributed by atoms with E-state index in [0.717, 1.165) is 31.9 Å². The van der Waals surface area contributed by atoms with Crippen LogP contribution in [0.15, 0.2) is 16.5 Å². The fourth-order valence-electron chi connectivity index (χ4n) is 1.80. The van der Waals surface area contributed by atoms with Crippen molar-refractivity contribution in [2.45, 2.75) is 13.0 Å². The summed E-state index contributed by atoms with van der Waals surface area (Å²) in [5.74, 6) is 0.955. The zero-order valence-corrected chi connectivity index (χ0v) is 9.05. The molecule has 14 heavy (non-hydrogen) atoms. The topological polar surface area (TPSA) is 28.4 Å². The molecule has 0 aliphatic carbocycles. The van der Waals surface area contributed by atoms with Gasteiger partial charge in [0.25, 0.3) is 0 Å². The van der Waals surface area contributed by atoms with Gasteiger partial charge in [-0.3, -0.25) is 4.90 Å². The van der Waals surface area contributed by atoms with Crippen LogP contribution in [0.4, 0.5) is 0 Å². The molecule has 0 bridgehead atoms. The van der Waals surface area contributed by atoms with Crippen molar-refractivity contribution in [2.24, 2.45) is 0 Å². The summed E-state index contributed by atoms with van der Waals surface area (Å²) in [6.07, 6.45) is 0. The smallest absolute Gasteiger partial charge is 0.193 e. The van der Waals surface area contributed by atoms with Crippen LogP contribution in [-0.4, -0.2) is 31.1 Å². The maximum absolute atomic E-state index is 5.75. The van der Waals surface area contributed by atoms with Gasteiger partial charge in [0.2, 0.25) is 0 Å². The lowest BCUT2D eigenvalue weighted by Crippen LogP contribution is -2.44. The first-order valence-corrected chi connectivity index (χ1v) is 5.35. The molecule has 78 valence electrons. The van der Waals surface area contributed by atoms with E-state index in [0.29, 0.717) is 11.3 Å². The lowest BCUT2D eigenvalue weighted by molar-refractivity contribution is 0.167. The zero-order valence-electron chi connectivity index (χ0n) is 8.29. The zero-order chi connectivity index (χ0) is 9.97. The van der Waals surface area contributed by atoms with Gasteiger partial charge in [-0.25, -0.2) is 0 Å². The Balaban J connectivity index is 2.03. The van der Waals surface area contributed by atoms with Gasteiger partial charge in [-0.2, -0.15) is 0 Å². The van der Waals surface area contributed by atoms with E-state index in [1.807, 2.05) is 6.07 Å². The molecule has 0 aromatic carbocycles. The Kier molecular flexibility index (Phi) is 3.11. The molecule has 4 heteroatoms. The predicted octanol–water partition coefficient (Wildman–Crippen LogP) is 1.90. The highest BCUT2D eigenvalue weighted by Gasteiger charge is 2.20. The van der Waals surface area contributed by atoms with E-state index >= 15 is 0 Å². The van der Waals surface area contributed by atoms with Gasteiger partial charge in [-0.05, 0) is 30.7 Å². The van der Waals surface area contributed by atoms with Crippen molar-refractivity contribution in [1.82, 2.24) is 10.2 Å². The normalized spacial score (nSPS) is 21.0. The minimum Gasteiger partial charge on any atom is -0.448 e. The molecule has 1 aliphatic rings. The number of halogens is 1. The number of nitrogens with zero attached hydrogens (tertiary/aromatic N) is 1. The highest BCUT2D eigenvalue weighted by atomic mass is 35.5. The summed E-state index contributed by atoms with van der Waals surface area (Å²) in [6, 6.07) is 4.08. The average molecular weight is 215 g/mol. The van der Waals surface area contributed by atoms with Gasteiger partial charge in [0.05, 0.1) is 6.04 Å². The van der Waals surface area contributed by atoms with Crippen LogP contribution in [0.5, 0.6) is 0 Å². The fraction of sp³-hybridized carbons (Fsp3) is 0.600. The molecule has 0 radical (unpaired) electrons. The molecule has 0 saturated carbocycles. The van der Waals surface area contributed by atoms with Crippen LogP contribution in [0.1, 0.15) is 18.7 Å². The Labute approximate surface area is 89.0 Å². The van der Waals surface area contributed by atoms with Crippen molar-refractivity contribution in [3.05, 3.63) is 23.1 Å². The van der Waals surface area contributed by atoms with Crippen molar-refractivity contribution in [3.8, 4) is 0 Å². The van der Waals surface area contributed by atoms with E-state index in [1.54, 1.807) is 6.07 Å². The Morgan fingerprint density at radius 1 is 1.43 bits per heavy atom. The first-order valence-electron chi connectivity index (χ1n) is 4.97. The molecule has 3 nitrogen and oxygen atoms in total. The number of hydrogen-bond acceptors (Lipinski definition) is 3. The molecule has 1 fully saturated rings. The molecule has 2 heterocycles. The number of hydrogen-bond donors (Lipinski definition) is 1. The number of nitrogens with one attached hydrogen (secondary N) is 1. The quantitative estimate of drug-likeness (QED) is 0.815. The van der Waals surface area contributed by atoms with Gasteiger partial charge in [0.1, 0.15) is 5.76 Å². The highest BCUT2D eigenvalue weighted by molar-refractivity contribution is 6.28. The van der Waals surface area contributed by atoms with Gasteiger partial charge in [0, 0.05) is 26.2 Å². The molecule has 0 amide bonds. The second-order valence-electron chi connectivity index (χ2n) is 3.60. The summed E-state index contributed by atoms with van der Waals surface area (Å²) in [5, 5.41) is 3.80. The van der Waals surface area contributed by atoms with Crippen LogP contribution < -0.4 is 5.32 Å². The molecule has 1 saturated heterocycles. The fourth-order valence-corrected chi connectivity index (χ4v) is 1.95. The molecule has 1 aromatic heterocycles.